The first kappa shape index (κ1) is 18.2. The Morgan fingerprint density at radius 3 is 2.43 bits per heavy atom. The Morgan fingerprint density at radius 2 is 1.87 bits per heavy atom. The van der Waals surface area contributed by atoms with Gasteiger partial charge in [-0.2, -0.15) is 4.31 Å². The van der Waals surface area contributed by atoms with E-state index in [2.05, 4.69) is 0 Å². The van der Waals surface area contributed by atoms with Crippen LogP contribution in [0.25, 0.3) is 0 Å². The van der Waals surface area contributed by atoms with Crippen molar-refractivity contribution in [1.29, 1.82) is 0 Å². The van der Waals surface area contributed by atoms with Crippen LogP contribution in [0.2, 0.25) is 5.02 Å². The molecule has 1 saturated heterocycles. The van der Waals surface area contributed by atoms with E-state index in [9.17, 15) is 13.2 Å². The summed E-state index contributed by atoms with van der Waals surface area (Å²) < 4.78 is 26.6. The zero-order valence-corrected chi connectivity index (χ0v) is 14.3. The lowest BCUT2D eigenvalue weighted by molar-refractivity contribution is -0.129. The first-order valence-electron chi connectivity index (χ1n) is 7.62. The maximum Gasteiger partial charge on any atom is 0.243 e. The summed E-state index contributed by atoms with van der Waals surface area (Å²) >= 11 is 5.80. The Balaban J connectivity index is 1.86. The molecule has 0 bridgehead atoms. The quantitative estimate of drug-likeness (QED) is 0.602. The van der Waals surface area contributed by atoms with Crippen molar-refractivity contribution in [3.8, 4) is 0 Å². The predicted octanol–water partition coefficient (Wildman–Crippen LogP) is 2.42. The van der Waals surface area contributed by atoms with Crippen LogP contribution in [0.15, 0.2) is 29.2 Å². The maximum absolute atomic E-state index is 12.5. The van der Waals surface area contributed by atoms with Crippen molar-refractivity contribution in [3.05, 3.63) is 29.3 Å². The SMILES string of the molecule is O=C(CCCC1CCN(S(=O)(=O)c2ccc(Cl)cc2)CC1)NO. The van der Waals surface area contributed by atoms with Gasteiger partial charge in [-0.1, -0.05) is 11.6 Å². The lowest BCUT2D eigenvalue weighted by Gasteiger charge is -2.31. The standard InChI is InChI=1S/C15H21ClN2O4S/c16-13-4-6-14(7-5-13)23(21,22)18-10-8-12(9-11-18)2-1-3-15(19)17-20/h4-7,12,20H,1-3,8-11H2,(H,17,19). The Bertz CT molecular complexity index is 625. The van der Waals surface area contributed by atoms with Crippen LogP contribution in [0.3, 0.4) is 0 Å². The normalized spacial score (nSPS) is 17.1. The number of piperidine rings is 1. The molecule has 0 aliphatic carbocycles. The van der Waals surface area contributed by atoms with Crippen LogP contribution in [-0.2, 0) is 14.8 Å². The summed E-state index contributed by atoms with van der Waals surface area (Å²) in [6, 6.07) is 6.20. The second kappa shape index (κ2) is 8.10. The third-order valence-corrected chi connectivity index (χ3v) is 6.33. The van der Waals surface area contributed by atoms with E-state index in [0.717, 1.165) is 19.3 Å². The van der Waals surface area contributed by atoms with Gasteiger partial charge in [-0.3, -0.25) is 10.0 Å². The lowest BCUT2D eigenvalue weighted by Crippen LogP contribution is -2.38. The molecule has 23 heavy (non-hydrogen) atoms. The minimum atomic E-state index is -3.46. The molecule has 0 aromatic heterocycles. The van der Waals surface area contributed by atoms with E-state index in [-0.39, 0.29) is 10.8 Å². The number of hydroxylamine groups is 1. The van der Waals surface area contributed by atoms with Gasteiger partial charge < -0.3 is 0 Å². The van der Waals surface area contributed by atoms with E-state index in [0.29, 0.717) is 36.9 Å². The van der Waals surface area contributed by atoms with Gasteiger partial charge in [0.25, 0.3) is 0 Å². The first-order chi connectivity index (χ1) is 10.9. The summed E-state index contributed by atoms with van der Waals surface area (Å²) in [5, 5.41) is 8.95. The van der Waals surface area contributed by atoms with Crippen molar-refractivity contribution in [1.82, 2.24) is 9.79 Å². The highest BCUT2D eigenvalue weighted by Crippen LogP contribution is 2.27. The summed E-state index contributed by atoms with van der Waals surface area (Å²) in [4.78, 5) is 11.2. The molecule has 0 spiro atoms. The Labute approximate surface area is 141 Å². The molecule has 2 N–H and O–H groups in total. The van der Waals surface area contributed by atoms with E-state index in [1.165, 1.54) is 16.4 Å². The molecule has 1 aromatic carbocycles. The van der Waals surface area contributed by atoms with Gasteiger partial charge in [-0.15, -0.1) is 0 Å². The van der Waals surface area contributed by atoms with E-state index < -0.39 is 10.0 Å². The van der Waals surface area contributed by atoms with Crippen molar-refractivity contribution in [3.63, 3.8) is 0 Å². The molecule has 0 radical (unpaired) electrons. The molecule has 6 nitrogen and oxygen atoms in total. The number of sulfonamides is 1. The summed E-state index contributed by atoms with van der Waals surface area (Å²) in [5.74, 6) is 0.0333. The zero-order chi connectivity index (χ0) is 16.9. The number of carbonyl (C=O) groups excluding carboxylic acids is 1. The number of amides is 1. The summed E-state index contributed by atoms with van der Waals surface area (Å²) in [6.07, 6.45) is 3.42. The lowest BCUT2D eigenvalue weighted by atomic mass is 9.92. The zero-order valence-electron chi connectivity index (χ0n) is 12.7. The smallest absolute Gasteiger partial charge is 0.243 e. The molecule has 1 heterocycles. The van der Waals surface area contributed by atoms with Crippen molar-refractivity contribution >= 4 is 27.5 Å². The molecule has 1 aromatic rings. The summed E-state index contributed by atoms with van der Waals surface area (Å²) in [5.41, 5.74) is 1.62. The topological polar surface area (TPSA) is 86.7 Å². The number of rotatable bonds is 6. The van der Waals surface area contributed by atoms with Gasteiger partial charge in [0.05, 0.1) is 4.90 Å². The van der Waals surface area contributed by atoms with Gasteiger partial charge in [0, 0.05) is 24.5 Å². The maximum atomic E-state index is 12.5. The highest BCUT2D eigenvalue weighted by atomic mass is 35.5. The minimum Gasteiger partial charge on any atom is -0.289 e. The molecule has 0 atom stereocenters. The van der Waals surface area contributed by atoms with Gasteiger partial charge in [-0.25, -0.2) is 13.9 Å². The van der Waals surface area contributed by atoms with Gasteiger partial charge in [0.2, 0.25) is 15.9 Å². The number of nitrogens with zero attached hydrogens (tertiary/aromatic N) is 1. The van der Waals surface area contributed by atoms with Crippen LogP contribution < -0.4 is 5.48 Å². The molecule has 1 aliphatic rings. The van der Waals surface area contributed by atoms with Gasteiger partial charge in [-0.05, 0) is 55.9 Å². The van der Waals surface area contributed by atoms with E-state index in [1.54, 1.807) is 17.6 Å². The number of benzene rings is 1. The van der Waals surface area contributed by atoms with E-state index in [4.69, 9.17) is 16.8 Å². The van der Waals surface area contributed by atoms with Crippen LogP contribution >= 0.6 is 11.6 Å². The Morgan fingerprint density at radius 1 is 1.26 bits per heavy atom. The highest BCUT2D eigenvalue weighted by molar-refractivity contribution is 7.89. The molecular weight excluding hydrogens is 340 g/mol. The van der Waals surface area contributed by atoms with Crippen molar-refractivity contribution in [2.24, 2.45) is 5.92 Å². The molecule has 1 fully saturated rings. The molecular formula is C15H21ClN2O4S. The second-order valence-electron chi connectivity index (χ2n) is 5.73. The fourth-order valence-electron chi connectivity index (χ4n) is 2.80. The average Bonchev–Trinajstić information content (AvgIpc) is 2.55. The molecule has 2 rings (SSSR count). The molecule has 8 heteroatoms. The van der Waals surface area contributed by atoms with E-state index in [1.807, 2.05) is 0 Å². The summed E-state index contributed by atoms with van der Waals surface area (Å²) in [6.45, 7) is 0.976. The van der Waals surface area contributed by atoms with Gasteiger partial charge in [0.15, 0.2) is 0 Å². The third kappa shape index (κ3) is 4.91. The van der Waals surface area contributed by atoms with Crippen LogP contribution in [0.1, 0.15) is 32.1 Å². The average molecular weight is 361 g/mol. The molecule has 1 amide bonds. The minimum absolute atomic E-state index is 0.264. The fourth-order valence-corrected chi connectivity index (χ4v) is 4.40. The van der Waals surface area contributed by atoms with Crippen LogP contribution in [0.4, 0.5) is 0 Å². The Hall–Kier alpha value is -1.15. The molecule has 0 unspecified atom stereocenters. The van der Waals surface area contributed by atoms with Crippen molar-refractivity contribution in [2.45, 2.75) is 37.0 Å². The van der Waals surface area contributed by atoms with Crippen molar-refractivity contribution in [2.75, 3.05) is 13.1 Å². The van der Waals surface area contributed by atoms with Gasteiger partial charge >= 0.3 is 0 Å². The monoisotopic (exact) mass is 360 g/mol. The number of carbonyl (C=O) groups is 1. The number of nitrogens with one attached hydrogen (secondary N) is 1. The third-order valence-electron chi connectivity index (χ3n) is 4.17. The predicted molar refractivity (Wildman–Crippen MR) is 86.7 cm³/mol. The fraction of sp³-hybridized carbons (Fsp3) is 0.533. The van der Waals surface area contributed by atoms with Gasteiger partial charge in [0.1, 0.15) is 0 Å². The number of hydrogen-bond donors (Lipinski definition) is 2. The highest BCUT2D eigenvalue weighted by Gasteiger charge is 2.29. The first-order valence-corrected chi connectivity index (χ1v) is 9.44. The van der Waals surface area contributed by atoms with Crippen LogP contribution in [-0.4, -0.2) is 36.9 Å². The second-order valence-corrected chi connectivity index (χ2v) is 8.10. The summed E-state index contributed by atoms with van der Waals surface area (Å²) in [7, 11) is -3.46. The number of hydrogen-bond acceptors (Lipinski definition) is 4. The molecule has 1 aliphatic heterocycles. The van der Waals surface area contributed by atoms with Crippen LogP contribution in [0.5, 0.6) is 0 Å². The Kier molecular flexibility index (Phi) is 6.41. The largest absolute Gasteiger partial charge is 0.289 e. The van der Waals surface area contributed by atoms with Crippen LogP contribution in [0, 0.1) is 5.92 Å². The van der Waals surface area contributed by atoms with Crippen molar-refractivity contribution < 1.29 is 18.4 Å². The van der Waals surface area contributed by atoms with E-state index >= 15 is 0 Å². The molecule has 128 valence electrons. The molecule has 0 saturated carbocycles. The number of halogens is 1.